The van der Waals surface area contributed by atoms with Crippen molar-refractivity contribution in [3.63, 3.8) is 0 Å². The van der Waals surface area contributed by atoms with Gasteiger partial charge in [-0.2, -0.15) is 0 Å². The highest BCUT2D eigenvalue weighted by molar-refractivity contribution is 6.29. The molecule has 1 amide bonds. The van der Waals surface area contributed by atoms with Gasteiger partial charge in [-0.25, -0.2) is 4.98 Å². The van der Waals surface area contributed by atoms with Crippen molar-refractivity contribution in [2.24, 2.45) is 0 Å². The molecule has 1 aromatic carbocycles. The van der Waals surface area contributed by atoms with Gasteiger partial charge in [-0.3, -0.25) is 4.79 Å². The molecule has 96 valence electrons. The predicted molar refractivity (Wildman–Crippen MR) is 78.1 cm³/mol. The van der Waals surface area contributed by atoms with Crippen molar-refractivity contribution in [2.45, 2.75) is 6.92 Å². The largest absolute Gasteiger partial charge is 0.307 e. The van der Waals surface area contributed by atoms with Crippen LogP contribution in [0.1, 0.15) is 11.1 Å². The van der Waals surface area contributed by atoms with E-state index in [0.717, 1.165) is 5.56 Å². The van der Waals surface area contributed by atoms with Gasteiger partial charge in [-0.15, -0.1) is 0 Å². The Labute approximate surface area is 116 Å². The number of carbonyl (C=O) groups excluding carboxylic acids is 1. The number of amides is 1. The van der Waals surface area contributed by atoms with Crippen LogP contribution in [0.3, 0.4) is 0 Å². The molecule has 0 saturated carbocycles. The fraction of sp³-hybridized carbons (Fsp3) is 0.0667. The SMILES string of the molecule is Cc1ccc(/C=C/C(=O)Nc2cccc(Cl)n2)cc1. The Kier molecular flexibility index (Phi) is 4.31. The third-order valence-corrected chi connectivity index (χ3v) is 2.68. The van der Waals surface area contributed by atoms with Crippen LogP contribution in [0.5, 0.6) is 0 Å². The highest BCUT2D eigenvalue weighted by atomic mass is 35.5. The fourth-order valence-corrected chi connectivity index (χ4v) is 1.66. The van der Waals surface area contributed by atoms with Gasteiger partial charge in [-0.1, -0.05) is 47.5 Å². The summed E-state index contributed by atoms with van der Waals surface area (Å²) in [5.74, 6) is 0.196. The maximum absolute atomic E-state index is 11.7. The van der Waals surface area contributed by atoms with Crippen LogP contribution >= 0.6 is 11.6 Å². The zero-order valence-corrected chi connectivity index (χ0v) is 11.2. The van der Waals surface area contributed by atoms with Gasteiger partial charge in [0.25, 0.3) is 0 Å². The van der Waals surface area contributed by atoms with Gasteiger partial charge in [0.1, 0.15) is 11.0 Å². The summed E-state index contributed by atoms with van der Waals surface area (Å²) in [5, 5.41) is 2.99. The highest BCUT2D eigenvalue weighted by Gasteiger charge is 1.99. The number of benzene rings is 1. The molecule has 0 saturated heterocycles. The molecular weight excluding hydrogens is 260 g/mol. The number of pyridine rings is 1. The molecule has 1 aromatic heterocycles. The Morgan fingerprint density at radius 1 is 1.21 bits per heavy atom. The molecule has 0 aliphatic carbocycles. The minimum absolute atomic E-state index is 0.240. The number of aryl methyl sites for hydroxylation is 1. The molecule has 0 spiro atoms. The van der Waals surface area contributed by atoms with E-state index < -0.39 is 0 Å². The van der Waals surface area contributed by atoms with E-state index in [1.54, 1.807) is 24.3 Å². The van der Waals surface area contributed by atoms with Crippen molar-refractivity contribution < 1.29 is 4.79 Å². The Hall–Kier alpha value is -2.13. The van der Waals surface area contributed by atoms with Gasteiger partial charge >= 0.3 is 0 Å². The fourth-order valence-electron chi connectivity index (χ4n) is 1.50. The molecule has 3 nitrogen and oxygen atoms in total. The summed E-state index contributed by atoms with van der Waals surface area (Å²) in [6, 6.07) is 13.0. The summed E-state index contributed by atoms with van der Waals surface area (Å²) in [6.07, 6.45) is 3.21. The van der Waals surface area contributed by atoms with Gasteiger partial charge in [0.15, 0.2) is 0 Å². The number of rotatable bonds is 3. The van der Waals surface area contributed by atoms with E-state index in [-0.39, 0.29) is 5.91 Å². The molecule has 4 heteroatoms. The molecule has 0 fully saturated rings. The van der Waals surface area contributed by atoms with Crippen molar-refractivity contribution in [1.29, 1.82) is 0 Å². The van der Waals surface area contributed by atoms with Gasteiger partial charge in [0, 0.05) is 6.08 Å². The average molecular weight is 273 g/mol. The molecular formula is C15H13ClN2O. The van der Waals surface area contributed by atoms with Crippen LogP contribution in [0.2, 0.25) is 5.15 Å². The van der Waals surface area contributed by atoms with Crippen LogP contribution in [0, 0.1) is 6.92 Å². The molecule has 2 rings (SSSR count). The summed E-state index contributed by atoms with van der Waals surface area (Å²) >= 11 is 5.74. The second-order valence-corrected chi connectivity index (χ2v) is 4.47. The van der Waals surface area contributed by atoms with E-state index in [4.69, 9.17) is 11.6 Å². The zero-order chi connectivity index (χ0) is 13.7. The lowest BCUT2D eigenvalue weighted by atomic mass is 10.1. The van der Waals surface area contributed by atoms with Crippen LogP contribution in [-0.2, 0) is 4.79 Å². The second kappa shape index (κ2) is 6.16. The number of halogens is 1. The molecule has 19 heavy (non-hydrogen) atoms. The van der Waals surface area contributed by atoms with Crippen molar-refractivity contribution in [2.75, 3.05) is 5.32 Å². The first-order valence-electron chi connectivity index (χ1n) is 5.82. The van der Waals surface area contributed by atoms with E-state index in [1.807, 2.05) is 31.2 Å². The van der Waals surface area contributed by atoms with Crippen molar-refractivity contribution >= 4 is 29.4 Å². The predicted octanol–water partition coefficient (Wildman–Crippen LogP) is 3.70. The second-order valence-electron chi connectivity index (χ2n) is 4.08. The molecule has 1 N–H and O–H groups in total. The maximum atomic E-state index is 11.7. The van der Waals surface area contributed by atoms with Gasteiger partial charge in [0.2, 0.25) is 5.91 Å². The van der Waals surface area contributed by atoms with Crippen molar-refractivity contribution in [1.82, 2.24) is 4.98 Å². The third-order valence-electron chi connectivity index (χ3n) is 2.47. The van der Waals surface area contributed by atoms with E-state index in [9.17, 15) is 4.79 Å². The van der Waals surface area contributed by atoms with Crippen LogP contribution in [0.15, 0.2) is 48.5 Å². The number of nitrogens with one attached hydrogen (secondary N) is 1. The van der Waals surface area contributed by atoms with E-state index in [2.05, 4.69) is 10.3 Å². The Balaban J connectivity index is 1.99. The number of nitrogens with zero attached hydrogens (tertiary/aromatic N) is 1. The van der Waals surface area contributed by atoms with Gasteiger partial charge in [0.05, 0.1) is 0 Å². The Morgan fingerprint density at radius 3 is 2.63 bits per heavy atom. The van der Waals surface area contributed by atoms with E-state index in [1.165, 1.54) is 11.6 Å². The minimum Gasteiger partial charge on any atom is -0.307 e. The first-order chi connectivity index (χ1) is 9.13. The lowest BCUT2D eigenvalue weighted by Crippen LogP contribution is -2.08. The Morgan fingerprint density at radius 2 is 1.95 bits per heavy atom. The van der Waals surface area contributed by atoms with Crippen molar-refractivity contribution in [3.8, 4) is 0 Å². The molecule has 1 heterocycles. The number of carbonyl (C=O) groups is 1. The van der Waals surface area contributed by atoms with Crippen LogP contribution in [0.4, 0.5) is 5.82 Å². The highest BCUT2D eigenvalue weighted by Crippen LogP contribution is 2.09. The summed E-state index contributed by atoms with van der Waals surface area (Å²) in [7, 11) is 0. The summed E-state index contributed by atoms with van der Waals surface area (Å²) in [4.78, 5) is 15.7. The van der Waals surface area contributed by atoms with E-state index in [0.29, 0.717) is 11.0 Å². The molecule has 0 atom stereocenters. The Bertz CT molecular complexity index is 606. The number of hydrogen-bond acceptors (Lipinski definition) is 2. The number of hydrogen-bond donors (Lipinski definition) is 1. The van der Waals surface area contributed by atoms with Crippen LogP contribution < -0.4 is 5.32 Å². The normalized spacial score (nSPS) is 10.6. The standard InChI is InChI=1S/C15H13ClN2O/c1-11-5-7-12(8-6-11)9-10-15(19)18-14-4-2-3-13(16)17-14/h2-10H,1H3,(H,17,18,19)/b10-9+. The molecule has 0 bridgehead atoms. The minimum atomic E-state index is -0.240. The molecule has 0 unspecified atom stereocenters. The number of anilines is 1. The lowest BCUT2D eigenvalue weighted by Gasteiger charge is -2.01. The van der Waals surface area contributed by atoms with E-state index >= 15 is 0 Å². The smallest absolute Gasteiger partial charge is 0.249 e. The summed E-state index contributed by atoms with van der Waals surface area (Å²) in [6.45, 7) is 2.02. The van der Waals surface area contributed by atoms with Gasteiger partial charge in [-0.05, 0) is 30.7 Å². The van der Waals surface area contributed by atoms with Crippen LogP contribution in [-0.4, -0.2) is 10.9 Å². The first kappa shape index (κ1) is 13.3. The molecule has 2 aromatic rings. The topological polar surface area (TPSA) is 42.0 Å². The molecule has 0 radical (unpaired) electrons. The quantitative estimate of drug-likeness (QED) is 0.684. The molecule has 0 aliphatic rings. The van der Waals surface area contributed by atoms with Crippen LogP contribution in [0.25, 0.3) is 6.08 Å². The average Bonchev–Trinajstić information content (AvgIpc) is 2.38. The van der Waals surface area contributed by atoms with Crippen molar-refractivity contribution in [3.05, 3.63) is 64.8 Å². The summed E-state index contributed by atoms with van der Waals surface area (Å²) in [5.41, 5.74) is 2.16. The molecule has 0 aliphatic heterocycles. The monoisotopic (exact) mass is 272 g/mol. The zero-order valence-electron chi connectivity index (χ0n) is 10.4. The number of aromatic nitrogens is 1. The van der Waals surface area contributed by atoms with Gasteiger partial charge < -0.3 is 5.32 Å². The summed E-state index contributed by atoms with van der Waals surface area (Å²) < 4.78 is 0. The maximum Gasteiger partial charge on any atom is 0.249 e. The lowest BCUT2D eigenvalue weighted by molar-refractivity contribution is -0.111. The first-order valence-corrected chi connectivity index (χ1v) is 6.19. The third kappa shape index (κ3) is 4.23.